The third-order valence-corrected chi connectivity index (χ3v) is 6.21. The number of nitriles is 1. The van der Waals surface area contributed by atoms with E-state index in [1.54, 1.807) is 6.26 Å². The van der Waals surface area contributed by atoms with Gasteiger partial charge in [-0.2, -0.15) is 5.26 Å². The van der Waals surface area contributed by atoms with Gasteiger partial charge in [-0.25, -0.2) is 0 Å². The minimum atomic E-state index is -0.830. The molecule has 140 valence electrons. The van der Waals surface area contributed by atoms with Gasteiger partial charge in [0.25, 0.3) is 0 Å². The fraction of sp³-hybridized carbons (Fsp3) is 0.429. The molecule has 5 nitrogen and oxygen atoms in total. The Morgan fingerprint density at radius 3 is 2.70 bits per heavy atom. The number of pyridine rings is 1. The van der Waals surface area contributed by atoms with Gasteiger partial charge >= 0.3 is 0 Å². The minimum absolute atomic E-state index is 0.194. The van der Waals surface area contributed by atoms with Gasteiger partial charge in [0.15, 0.2) is 6.19 Å². The third kappa shape index (κ3) is 3.98. The van der Waals surface area contributed by atoms with Crippen LogP contribution in [0.1, 0.15) is 24.0 Å². The Morgan fingerprint density at radius 1 is 1.30 bits per heavy atom. The summed E-state index contributed by atoms with van der Waals surface area (Å²) in [6.07, 6.45) is 8.91. The molecule has 0 aliphatic carbocycles. The number of likely N-dealkylation sites (tertiary alicyclic amines) is 1. The first-order valence-electron chi connectivity index (χ1n) is 9.32. The van der Waals surface area contributed by atoms with Gasteiger partial charge in [-0.05, 0) is 30.4 Å². The van der Waals surface area contributed by atoms with Crippen LogP contribution >= 0.6 is 0 Å². The van der Waals surface area contributed by atoms with Gasteiger partial charge in [0.05, 0.1) is 11.9 Å². The predicted octanol–water partition coefficient (Wildman–Crippen LogP) is 3.12. The summed E-state index contributed by atoms with van der Waals surface area (Å²) in [6.45, 7) is 1.66. The van der Waals surface area contributed by atoms with E-state index in [2.05, 4.69) is 17.2 Å². The van der Waals surface area contributed by atoms with Gasteiger partial charge in [-0.3, -0.25) is 9.19 Å². The molecule has 0 saturated carbocycles. The summed E-state index contributed by atoms with van der Waals surface area (Å²) in [7, 11) is -0.830. The van der Waals surface area contributed by atoms with E-state index in [4.69, 9.17) is 10.00 Å². The van der Waals surface area contributed by atoms with Gasteiger partial charge in [0.2, 0.25) is 0 Å². The van der Waals surface area contributed by atoms with E-state index >= 15 is 0 Å². The lowest BCUT2D eigenvalue weighted by Crippen LogP contribution is -2.36. The molecule has 0 amide bonds. The molecule has 0 N–H and O–H groups in total. The molecule has 2 aromatic rings. The number of ether oxygens (including phenoxy) is 1. The van der Waals surface area contributed by atoms with E-state index in [-0.39, 0.29) is 6.10 Å². The topological polar surface area (TPSA) is 66.2 Å². The lowest BCUT2D eigenvalue weighted by atomic mass is 9.89. The number of hydrogen-bond acceptors (Lipinski definition) is 5. The number of benzene rings is 1. The highest BCUT2D eigenvalue weighted by molar-refractivity contribution is 7.83. The van der Waals surface area contributed by atoms with Crippen molar-refractivity contribution in [2.24, 2.45) is 5.92 Å². The fourth-order valence-electron chi connectivity index (χ4n) is 3.97. The summed E-state index contributed by atoms with van der Waals surface area (Å²) in [5.41, 5.74) is 4.30. The van der Waals surface area contributed by atoms with Crippen LogP contribution in [0.2, 0.25) is 0 Å². The summed E-state index contributed by atoms with van der Waals surface area (Å²) >= 11 is 0. The SMILES string of the molecule is CS(=O)Cc1ccc(-c2cc3c(cn2)OC(C2CCN(C#N)CC2)C3)cc1. The zero-order valence-electron chi connectivity index (χ0n) is 15.4. The van der Waals surface area contributed by atoms with Crippen molar-refractivity contribution in [3.63, 3.8) is 0 Å². The summed E-state index contributed by atoms with van der Waals surface area (Å²) in [5, 5.41) is 9.00. The monoisotopic (exact) mass is 381 g/mol. The molecule has 1 aromatic carbocycles. The predicted molar refractivity (Wildman–Crippen MR) is 105 cm³/mol. The van der Waals surface area contributed by atoms with E-state index in [0.29, 0.717) is 11.7 Å². The van der Waals surface area contributed by atoms with E-state index in [0.717, 1.165) is 54.9 Å². The Hall–Kier alpha value is -2.39. The minimum Gasteiger partial charge on any atom is -0.488 e. The second-order valence-corrected chi connectivity index (χ2v) is 8.81. The molecule has 2 unspecified atom stereocenters. The van der Waals surface area contributed by atoms with Crippen molar-refractivity contribution in [3.05, 3.63) is 47.7 Å². The lowest BCUT2D eigenvalue weighted by Gasteiger charge is -2.31. The first kappa shape index (κ1) is 18.0. The Morgan fingerprint density at radius 2 is 2.04 bits per heavy atom. The van der Waals surface area contributed by atoms with Crippen molar-refractivity contribution in [2.75, 3.05) is 19.3 Å². The molecule has 2 atom stereocenters. The van der Waals surface area contributed by atoms with Crippen LogP contribution in [-0.4, -0.2) is 39.5 Å². The lowest BCUT2D eigenvalue weighted by molar-refractivity contribution is 0.110. The Labute approximate surface area is 162 Å². The summed E-state index contributed by atoms with van der Waals surface area (Å²) in [5.74, 6) is 1.97. The number of fused-ring (bicyclic) bond motifs is 1. The van der Waals surface area contributed by atoms with Gasteiger partial charge in [-0.15, -0.1) is 0 Å². The smallest absolute Gasteiger partial charge is 0.179 e. The normalized spacial score (nSPS) is 20.6. The van der Waals surface area contributed by atoms with Crippen molar-refractivity contribution >= 4 is 10.8 Å². The highest BCUT2D eigenvalue weighted by Gasteiger charge is 2.33. The van der Waals surface area contributed by atoms with Crippen LogP contribution in [-0.2, 0) is 23.0 Å². The average Bonchev–Trinajstić information content (AvgIpc) is 3.11. The highest BCUT2D eigenvalue weighted by atomic mass is 32.2. The maximum absolute atomic E-state index is 11.4. The van der Waals surface area contributed by atoms with Crippen LogP contribution in [0.3, 0.4) is 0 Å². The standard InChI is InChI=1S/C21H23N3O2S/c1-27(25)13-15-2-4-16(5-3-15)19-10-18-11-20(26-21(18)12-23-19)17-6-8-24(14-22)9-7-17/h2-5,10,12,17,20H,6-9,11,13H2,1H3. The van der Waals surface area contributed by atoms with Crippen molar-refractivity contribution in [1.82, 2.24) is 9.88 Å². The fourth-order valence-corrected chi connectivity index (χ4v) is 4.63. The average molecular weight is 382 g/mol. The van der Waals surface area contributed by atoms with Gasteiger partial charge in [-0.1, -0.05) is 24.3 Å². The van der Waals surface area contributed by atoms with E-state index in [1.807, 2.05) is 35.4 Å². The molecule has 6 heteroatoms. The van der Waals surface area contributed by atoms with Crippen LogP contribution in [0.4, 0.5) is 0 Å². The molecule has 1 saturated heterocycles. The van der Waals surface area contributed by atoms with Crippen LogP contribution in [0.25, 0.3) is 11.3 Å². The Kier molecular flexibility index (Phi) is 5.13. The third-order valence-electron chi connectivity index (χ3n) is 5.47. The number of hydrogen-bond donors (Lipinski definition) is 0. The molecular weight excluding hydrogens is 358 g/mol. The van der Waals surface area contributed by atoms with Crippen LogP contribution in [0.5, 0.6) is 5.75 Å². The van der Waals surface area contributed by atoms with E-state index < -0.39 is 10.8 Å². The highest BCUT2D eigenvalue weighted by Crippen LogP contribution is 2.36. The number of aromatic nitrogens is 1. The maximum Gasteiger partial charge on any atom is 0.179 e. The van der Waals surface area contributed by atoms with Crippen molar-refractivity contribution in [3.8, 4) is 23.2 Å². The van der Waals surface area contributed by atoms with E-state index in [9.17, 15) is 4.21 Å². The molecule has 0 radical (unpaired) electrons. The summed E-state index contributed by atoms with van der Waals surface area (Å²) in [6, 6.07) is 10.3. The molecule has 0 spiro atoms. The second kappa shape index (κ2) is 7.69. The van der Waals surface area contributed by atoms with Crippen LogP contribution in [0.15, 0.2) is 36.5 Å². The van der Waals surface area contributed by atoms with Crippen molar-refractivity contribution in [2.45, 2.75) is 31.1 Å². The number of nitrogens with zero attached hydrogens (tertiary/aromatic N) is 3. The molecule has 27 heavy (non-hydrogen) atoms. The van der Waals surface area contributed by atoms with E-state index in [1.165, 1.54) is 5.56 Å². The Balaban J connectivity index is 1.45. The molecule has 1 aromatic heterocycles. The van der Waals surface area contributed by atoms with Gasteiger partial charge in [0.1, 0.15) is 11.9 Å². The van der Waals surface area contributed by atoms with Crippen molar-refractivity contribution in [1.29, 1.82) is 5.26 Å². The van der Waals surface area contributed by atoms with Crippen LogP contribution in [0, 0.1) is 17.4 Å². The molecule has 3 heterocycles. The summed E-state index contributed by atoms with van der Waals surface area (Å²) < 4.78 is 17.5. The van der Waals surface area contributed by atoms with Crippen LogP contribution < -0.4 is 4.74 Å². The molecular formula is C21H23N3O2S. The molecule has 2 aliphatic heterocycles. The van der Waals surface area contributed by atoms with Crippen molar-refractivity contribution < 1.29 is 8.95 Å². The first-order valence-corrected chi connectivity index (χ1v) is 11.0. The zero-order valence-corrected chi connectivity index (χ0v) is 16.2. The summed E-state index contributed by atoms with van der Waals surface area (Å²) in [4.78, 5) is 6.41. The molecule has 1 fully saturated rings. The maximum atomic E-state index is 11.4. The molecule has 0 bridgehead atoms. The number of rotatable bonds is 4. The van der Waals surface area contributed by atoms with Gasteiger partial charge in [0, 0.05) is 53.4 Å². The first-order chi connectivity index (χ1) is 13.1. The van der Waals surface area contributed by atoms with Gasteiger partial charge < -0.3 is 9.64 Å². The quantitative estimate of drug-likeness (QED) is 0.761. The second-order valence-electron chi connectivity index (χ2n) is 7.38. The Bertz CT molecular complexity index is 883. The zero-order chi connectivity index (χ0) is 18.8. The molecule has 2 aliphatic rings. The number of piperidine rings is 1. The molecule has 4 rings (SSSR count). The largest absolute Gasteiger partial charge is 0.488 e.